The van der Waals surface area contributed by atoms with Crippen LogP contribution in [0.15, 0.2) is 65.8 Å². The van der Waals surface area contributed by atoms with E-state index in [1.54, 1.807) is 13.0 Å². The summed E-state index contributed by atoms with van der Waals surface area (Å²) in [5.41, 5.74) is 1.92. The Morgan fingerprint density at radius 3 is 2.52 bits per heavy atom. The Labute approximate surface area is 146 Å². The zero-order valence-electron chi connectivity index (χ0n) is 13.5. The van der Waals surface area contributed by atoms with Crippen molar-refractivity contribution in [1.29, 1.82) is 0 Å². The van der Waals surface area contributed by atoms with Gasteiger partial charge in [-0.25, -0.2) is 18.4 Å². The zero-order valence-corrected chi connectivity index (χ0v) is 14.4. The van der Waals surface area contributed by atoms with Crippen LogP contribution in [0.1, 0.15) is 6.92 Å². The minimum atomic E-state index is -3.36. The molecule has 0 atom stereocenters. The first-order valence-corrected chi connectivity index (χ1v) is 9.35. The van der Waals surface area contributed by atoms with Crippen LogP contribution in [-0.4, -0.2) is 29.2 Å². The van der Waals surface area contributed by atoms with E-state index in [0.29, 0.717) is 5.82 Å². The van der Waals surface area contributed by atoms with Crippen molar-refractivity contribution in [3.8, 4) is 17.0 Å². The number of sulfone groups is 1. The molecular formula is C18H17N3O3S. The Morgan fingerprint density at radius 1 is 1.04 bits per heavy atom. The molecule has 0 bridgehead atoms. The van der Waals surface area contributed by atoms with Gasteiger partial charge in [0.05, 0.1) is 22.0 Å². The highest BCUT2D eigenvalue weighted by Gasteiger charge is 2.14. The van der Waals surface area contributed by atoms with Gasteiger partial charge in [-0.05, 0) is 18.2 Å². The Balaban J connectivity index is 1.94. The molecule has 25 heavy (non-hydrogen) atoms. The summed E-state index contributed by atoms with van der Waals surface area (Å²) in [7, 11) is -3.36. The lowest BCUT2D eigenvalue weighted by Crippen LogP contribution is -2.04. The number of hydrogen-bond acceptors (Lipinski definition) is 6. The summed E-state index contributed by atoms with van der Waals surface area (Å²) in [5.74, 6) is 0.383. The van der Waals surface area contributed by atoms with Crippen LogP contribution in [0, 0.1) is 0 Å². The molecule has 0 aliphatic rings. The quantitative estimate of drug-likeness (QED) is 0.682. The number of nitrogens with one attached hydrogen (secondary N) is 1. The summed E-state index contributed by atoms with van der Waals surface area (Å²) in [4.78, 5) is 8.51. The molecule has 2 N–H and O–H groups in total. The maximum atomic E-state index is 12.0. The molecule has 6 nitrogen and oxygen atoms in total. The van der Waals surface area contributed by atoms with Crippen molar-refractivity contribution in [2.24, 2.45) is 0 Å². The fourth-order valence-electron chi connectivity index (χ4n) is 2.31. The molecule has 7 heteroatoms. The van der Waals surface area contributed by atoms with Gasteiger partial charge in [-0.3, -0.25) is 0 Å². The maximum Gasteiger partial charge on any atom is 0.178 e. The number of aromatic hydroxyl groups is 1. The van der Waals surface area contributed by atoms with Crippen molar-refractivity contribution < 1.29 is 13.5 Å². The molecule has 1 aromatic heterocycles. The van der Waals surface area contributed by atoms with Gasteiger partial charge in [0.1, 0.15) is 17.9 Å². The van der Waals surface area contributed by atoms with Gasteiger partial charge in [0, 0.05) is 11.6 Å². The predicted octanol–water partition coefficient (Wildman–Crippen LogP) is 3.39. The van der Waals surface area contributed by atoms with Gasteiger partial charge in [0.2, 0.25) is 0 Å². The van der Waals surface area contributed by atoms with E-state index in [1.807, 2.05) is 30.3 Å². The fraction of sp³-hybridized carbons (Fsp3) is 0.111. The number of nitrogens with zero attached hydrogens (tertiary/aromatic N) is 2. The van der Waals surface area contributed by atoms with Gasteiger partial charge in [-0.15, -0.1) is 0 Å². The molecule has 0 aliphatic heterocycles. The molecular weight excluding hydrogens is 338 g/mol. The van der Waals surface area contributed by atoms with Gasteiger partial charge in [-0.1, -0.05) is 37.3 Å². The SMILES string of the molecule is CCS(=O)(=O)c1ccc(O)c(Nc2cc(-c3ccccc3)ncn2)c1. The molecule has 0 fully saturated rings. The molecule has 0 saturated carbocycles. The normalized spacial score (nSPS) is 11.2. The molecule has 0 radical (unpaired) electrons. The second kappa shape index (κ2) is 6.90. The van der Waals surface area contributed by atoms with E-state index in [2.05, 4.69) is 15.3 Å². The van der Waals surface area contributed by atoms with Crippen LogP contribution in [0.25, 0.3) is 11.3 Å². The molecule has 3 rings (SSSR count). The fourth-order valence-corrected chi connectivity index (χ4v) is 3.21. The first-order valence-electron chi connectivity index (χ1n) is 7.70. The van der Waals surface area contributed by atoms with E-state index in [4.69, 9.17) is 0 Å². The highest BCUT2D eigenvalue weighted by molar-refractivity contribution is 7.91. The number of benzene rings is 2. The third kappa shape index (κ3) is 3.77. The topological polar surface area (TPSA) is 92.2 Å². The highest BCUT2D eigenvalue weighted by atomic mass is 32.2. The Bertz CT molecular complexity index is 989. The summed E-state index contributed by atoms with van der Waals surface area (Å²) in [6.45, 7) is 1.58. The average Bonchev–Trinajstić information content (AvgIpc) is 2.64. The van der Waals surface area contributed by atoms with Gasteiger partial charge in [0.15, 0.2) is 9.84 Å². The lowest BCUT2D eigenvalue weighted by Gasteiger charge is -2.10. The summed E-state index contributed by atoms with van der Waals surface area (Å²) >= 11 is 0. The van der Waals surface area contributed by atoms with Gasteiger partial charge >= 0.3 is 0 Å². The molecule has 0 amide bonds. The van der Waals surface area contributed by atoms with Crippen molar-refractivity contribution in [1.82, 2.24) is 9.97 Å². The lowest BCUT2D eigenvalue weighted by atomic mass is 10.1. The Kier molecular flexibility index (Phi) is 4.67. The average molecular weight is 355 g/mol. The Hall–Kier alpha value is -2.93. The summed E-state index contributed by atoms with van der Waals surface area (Å²) in [6, 6.07) is 15.5. The standard InChI is InChI=1S/C18H17N3O3S/c1-2-25(23,24)14-8-9-17(22)16(10-14)21-18-11-15(19-12-20-18)13-6-4-3-5-7-13/h3-12,22H,2H2,1H3,(H,19,20,21). The largest absolute Gasteiger partial charge is 0.506 e. The van der Waals surface area contributed by atoms with Crippen LogP contribution in [0.5, 0.6) is 5.75 Å². The third-order valence-corrected chi connectivity index (χ3v) is 5.44. The smallest absolute Gasteiger partial charge is 0.178 e. The van der Waals surface area contributed by atoms with E-state index in [0.717, 1.165) is 11.3 Å². The summed E-state index contributed by atoms with van der Waals surface area (Å²) < 4.78 is 24.0. The number of aromatic nitrogens is 2. The summed E-state index contributed by atoms with van der Waals surface area (Å²) in [5, 5.41) is 13.0. The van der Waals surface area contributed by atoms with Crippen LogP contribution in [-0.2, 0) is 9.84 Å². The predicted molar refractivity (Wildman–Crippen MR) is 96.6 cm³/mol. The number of phenols is 1. The van der Waals surface area contributed by atoms with E-state index in [1.165, 1.54) is 24.5 Å². The molecule has 0 saturated heterocycles. The van der Waals surface area contributed by atoms with Gasteiger partial charge in [0.25, 0.3) is 0 Å². The van der Waals surface area contributed by atoms with E-state index in [-0.39, 0.29) is 22.1 Å². The zero-order chi connectivity index (χ0) is 17.9. The van der Waals surface area contributed by atoms with Crippen LogP contribution in [0.3, 0.4) is 0 Å². The molecule has 0 aliphatic carbocycles. The lowest BCUT2D eigenvalue weighted by molar-refractivity contribution is 0.477. The second-order valence-corrected chi connectivity index (χ2v) is 7.64. The monoisotopic (exact) mass is 355 g/mol. The van der Waals surface area contributed by atoms with Crippen molar-refractivity contribution >= 4 is 21.3 Å². The van der Waals surface area contributed by atoms with Crippen LogP contribution in [0.4, 0.5) is 11.5 Å². The van der Waals surface area contributed by atoms with Crippen LogP contribution in [0.2, 0.25) is 0 Å². The minimum Gasteiger partial charge on any atom is -0.506 e. The molecule has 0 spiro atoms. The van der Waals surface area contributed by atoms with E-state index >= 15 is 0 Å². The first-order chi connectivity index (χ1) is 12.0. The van der Waals surface area contributed by atoms with Crippen molar-refractivity contribution in [3.05, 3.63) is 60.9 Å². The first kappa shape index (κ1) is 16.9. The van der Waals surface area contributed by atoms with Gasteiger partial charge in [-0.2, -0.15) is 0 Å². The van der Waals surface area contributed by atoms with E-state index in [9.17, 15) is 13.5 Å². The molecule has 0 unspecified atom stereocenters. The minimum absolute atomic E-state index is 0.0110. The highest BCUT2D eigenvalue weighted by Crippen LogP contribution is 2.30. The van der Waals surface area contributed by atoms with Crippen molar-refractivity contribution in [3.63, 3.8) is 0 Å². The van der Waals surface area contributed by atoms with Crippen molar-refractivity contribution in [2.75, 3.05) is 11.1 Å². The Morgan fingerprint density at radius 2 is 1.80 bits per heavy atom. The number of phenolic OH excluding ortho intramolecular Hbond substituents is 1. The molecule has 2 aromatic carbocycles. The second-order valence-electron chi connectivity index (χ2n) is 5.36. The summed E-state index contributed by atoms with van der Waals surface area (Å²) in [6.07, 6.45) is 1.41. The van der Waals surface area contributed by atoms with Gasteiger partial charge < -0.3 is 10.4 Å². The number of hydrogen-bond donors (Lipinski definition) is 2. The maximum absolute atomic E-state index is 12.0. The number of anilines is 2. The molecule has 3 aromatic rings. The molecule has 128 valence electrons. The number of rotatable bonds is 5. The van der Waals surface area contributed by atoms with E-state index < -0.39 is 9.84 Å². The van der Waals surface area contributed by atoms with Crippen LogP contribution < -0.4 is 5.32 Å². The van der Waals surface area contributed by atoms with Crippen LogP contribution >= 0.6 is 0 Å². The molecule has 1 heterocycles. The third-order valence-electron chi connectivity index (χ3n) is 3.71. The van der Waals surface area contributed by atoms with Crippen molar-refractivity contribution in [2.45, 2.75) is 11.8 Å².